The molecule has 2 aliphatic rings. The van der Waals surface area contributed by atoms with Gasteiger partial charge in [0.15, 0.2) is 0 Å². The van der Waals surface area contributed by atoms with Crippen LogP contribution < -0.4 is 10.5 Å². The maximum Gasteiger partial charge on any atom is 0.133 e. The van der Waals surface area contributed by atoms with Gasteiger partial charge in [-0.25, -0.2) is 0 Å². The summed E-state index contributed by atoms with van der Waals surface area (Å²) < 4.78 is 7.13. The maximum absolute atomic E-state index is 6.16. The summed E-state index contributed by atoms with van der Waals surface area (Å²) in [5, 5.41) is 0. The highest BCUT2D eigenvalue weighted by molar-refractivity contribution is 9.10. The summed E-state index contributed by atoms with van der Waals surface area (Å²) in [7, 11) is 0. The molecule has 2 saturated carbocycles. The third-order valence-corrected chi connectivity index (χ3v) is 5.73. The van der Waals surface area contributed by atoms with Crippen LogP contribution in [0.3, 0.4) is 0 Å². The van der Waals surface area contributed by atoms with Crippen LogP contribution in [0.15, 0.2) is 22.7 Å². The molecule has 0 bridgehead atoms. The Morgan fingerprint density at radius 1 is 1.20 bits per heavy atom. The molecule has 1 aromatic rings. The molecule has 2 fully saturated rings. The molecule has 2 nitrogen and oxygen atoms in total. The first kappa shape index (κ1) is 14.4. The lowest BCUT2D eigenvalue weighted by atomic mass is 9.69. The molecule has 0 heterocycles. The quantitative estimate of drug-likeness (QED) is 0.864. The second-order valence-corrected chi connectivity index (χ2v) is 7.21. The van der Waals surface area contributed by atoms with Crippen molar-refractivity contribution in [1.82, 2.24) is 0 Å². The minimum Gasteiger partial charge on any atom is -0.492 e. The van der Waals surface area contributed by atoms with Crippen molar-refractivity contribution in [2.24, 2.45) is 11.7 Å². The Bertz CT molecular complexity index is 464. The summed E-state index contributed by atoms with van der Waals surface area (Å²) in [5.41, 5.74) is 7.66. The zero-order valence-corrected chi connectivity index (χ0v) is 13.6. The minimum atomic E-state index is 0.149. The fourth-order valence-corrected chi connectivity index (χ4v) is 4.14. The molecule has 1 aromatic carbocycles. The van der Waals surface area contributed by atoms with E-state index >= 15 is 0 Å². The molecule has 3 heteroatoms. The number of ether oxygens (including phenoxy) is 1. The van der Waals surface area contributed by atoms with Crippen molar-refractivity contribution in [3.63, 3.8) is 0 Å². The summed E-state index contributed by atoms with van der Waals surface area (Å²) in [6.07, 6.45) is 8.97. The highest BCUT2D eigenvalue weighted by Crippen LogP contribution is 2.44. The second kappa shape index (κ2) is 6.07. The van der Waals surface area contributed by atoms with Crippen molar-refractivity contribution in [2.75, 3.05) is 13.2 Å². The van der Waals surface area contributed by atoms with Crippen molar-refractivity contribution >= 4 is 15.9 Å². The molecular weight excluding hydrogens is 314 g/mol. The van der Waals surface area contributed by atoms with Crippen molar-refractivity contribution in [1.29, 1.82) is 0 Å². The first-order valence-corrected chi connectivity index (χ1v) is 8.66. The average molecular weight is 338 g/mol. The zero-order valence-electron chi connectivity index (χ0n) is 12.0. The van der Waals surface area contributed by atoms with Gasteiger partial charge in [0.1, 0.15) is 5.75 Å². The normalized spacial score (nSPS) is 21.7. The summed E-state index contributed by atoms with van der Waals surface area (Å²) in [4.78, 5) is 0. The molecule has 0 spiro atoms. The fourth-order valence-electron chi connectivity index (χ4n) is 3.34. The molecule has 3 rings (SSSR count). The third-order valence-electron chi connectivity index (χ3n) is 4.91. The molecule has 20 heavy (non-hydrogen) atoms. The van der Waals surface area contributed by atoms with Gasteiger partial charge >= 0.3 is 0 Å². The van der Waals surface area contributed by atoms with Crippen LogP contribution in [0, 0.1) is 5.92 Å². The highest BCUT2D eigenvalue weighted by atomic mass is 79.9. The Hall–Kier alpha value is -0.540. The number of hydrogen-bond donors (Lipinski definition) is 1. The molecule has 0 radical (unpaired) electrons. The zero-order chi connectivity index (χ0) is 14.0. The molecule has 0 aliphatic heterocycles. The fraction of sp³-hybridized carbons (Fsp3) is 0.647. The monoisotopic (exact) mass is 337 g/mol. The first-order valence-electron chi connectivity index (χ1n) is 7.87. The number of hydrogen-bond acceptors (Lipinski definition) is 2. The van der Waals surface area contributed by atoms with E-state index in [1.807, 2.05) is 0 Å². The Morgan fingerprint density at radius 3 is 2.60 bits per heavy atom. The van der Waals surface area contributed by atoms with E-state index < -0.39 is 0 Å². The van der Waals surface area contributed by atoms with E-state index in [1.54, 1.807) is 0 Å². The second-order valence-electron chi connectivity index (χ2n) is 6.42. The number of nitrogens with two attached hydrogens (primary N) is 1. The summed E-state index contributed by atoms with van der Waals surface area (Å²) >= 11 is 3.78. The third kappa shape index (κ3) is 2.89. The van der Waals surface area contributed by atoms with Crippen LogP contribution >= 0.6 is 15.9 Å². The van der Waals surface area contributed by atoms with Gasteiger partial charge in [0, 0.05) is 12.0 Å². The van der Waals surface area contributed by atoms with Gasteiger partial charge in [-0.15, -0.1) is 0 Å². The predicted molar refractivity (Wildman–Crippen MR) is 86.2 cm³/mol. The van der Waals surface area contributed by atoms with E-state index in [0.717, 1.165) is 29.3 Å². The van der Waals surface area contributed by atoms with Crippen LogP contribution in [-0.2, 0) is 5.41 Å². The van der Waals surface area contributed by atoms with Crippen molar-refractivity contribution in [3.8, 4) is 5.75 Å². The van der Waals surface area contributed by atoms with Gasteiger partial charge in [-0.2, -0.15) is 0 Å². The lowest BCUT2D eigenvalue weighted by Crippen LogP contribution is -2.37. The maximum atomic E-state index is 6.16. The topological polar surface area (TPSA) is 35.2 Å². The smallest absolute Gasteiger partial charge is 0.133 e. The molecule has 0 atom stereocenters. The van der Waals surface area contributed by atoms with E-state index in [2.05, 4.69) is 34.1 Å². The predicted octanol–water partition coefficient (Wildman–Crippen LogP) is 4.40. The molecule has 2 aliphatic carbocycles. The number of rotatable bonds is 5. The van der Waals surface area contributed by atoms with Gasteiger partial charge in [0.2, 0.25) is 0 Å². The van der Waals surface area contributed by atoms with Crippen molar-refractivity contribution < 1.29 is 4.74 Å². The molecule has 0 aromatic heterocycles. The Labute approximate surface area is 130 Å². The van der Waals surface area contributed by atoms with Gasteiger partial charge in [0.05, 0.1) is 11.1 Å². The largest absolute Gasteiger partial charge is 0.492 e. The average Bonchev–Trinajstić information content (AvgIpc) is 3.31. The molecule has 110 valence electrons. The summed E-state index contributed by atoms with van der Waals surface area (Å²) in [6, 6.07) is 6.42. The molecule has 0 amide bonds. The van der Waals surface area contributed by atoms with Crippen molar-refractivity contribution in [2.45, 2.75) is 50.4 Å². The highest BCUT2D eigenvalue weighted by Gasteiger charge is 2.35. The SMILES string of the molecule is NCC1(c2cccc(OCC3CC3)c2Br)CCCCC1. The minimum absolute atomic E-state index is 0.149. The van der Waals surface area contributed by atoms with Crippen LogP contribution in [0.25, 0.3) is 0 Å². The molecular formula is C17H24BrNO. The van der Waals surface area contributed by atoms with Gasteiger partial charge in [-0.05, 0) is 59.2 Å². The van der Waals surface area contributed by atoms with E-state index in [9.17, 15) is 0 Å². The Balaban J connectivity index is 1.85. The summed E-state index contributed by atoms with van der Waals surface area (Å²) in [5.74, 6) is 1.77. The van der Waals surface area contributed by atoms with Gasteiger partial charge in [0.25, 0.3) is 0 Å². The number of benzene rings is 1. The van der Waals surface area contributed by atoms with Crippen LogP contribution in [0.5, 0.6) is 5.75 Å². The molecule has 0 saturated heterocycles. The van der Waals surface area contributed by atoms with Crippen LogP contribution in [0.1, 0.15) is 50.5 Å². The molecule has 0 unspecified atom stereocenters. The Morgan fingerprint density at radius 2 is 1.95 bits per heavy atom. The standard InChI is InChI=1S/C17H24BrNO/c18-16-14(17(12-19)9-2-1-3-10-17)5-4-6-15(16)20-11-13-7-8-13/h4-6,13H,1-3,7-12,19H2. The van der Waals surface area contributed by atoms with E-state index in [-0.39, 0.29) is 5.41 Å². The van der Waals surface area contributed by atoms with E-state index in [0.29, 0.717) is 0 Å². The van der Waals surface area contributed by atoms with Crippen LogP contribution in [-0.4, -0.2) is 13.2 Å². The van der Waals surface area contributed by atoms with Crippen molar-refractivity contribution in [3.05, 3.63) is 28.2 Å². The van der Waals surface area contributed by atoms with Crippen LogP contribution in [0.2, 0.25) is 0 Å². The first-order chi connectivity index (χ1) is 9.75. The van der Waals surface area contributed by atoms with Gasteiger partial charge in [-0.1, -0.05) is 31.4 Å². The molecule has 2 N–H and O–H groups in total. The Kier molecular flexibility index (Phi) is 4.37. The van der Waals surface area contributed by atoms with Gasteiger partial charge in [-0.3, -0.25) is 0 Å². The van der Waals surface area contributed by atoms with Gasteiger partial charge < -0.3 is 10.5 Å². The van der Waals surface area contributed by atoms with Crippen LogP contribution in [0.4, 0.5) is 0 Å². The van der Waals surface area contributed by atoms with E-state index in [1.165, 1.54) is 50.5 Å². The lowest BCUT2D eigenvalue weighted by molar-refractivity contribution is 0.285. The lowest BCUT2D eigenvalue weighted by Gasteiger charge is -2.37. The number of halogens is 1. The van der Waals surface area contributed by atoms with E-state index in [4.69, 9.17) is 10.5 Å². The summed E-state index contributed by atoms with van der Waals surface area (Å²) in [6.45, 7) is 1.59.